The van der Waals surface area contributed by atoms with Crippen molar-refractivity contribution in [3.8, 4) is 0 Å². The van der Waals surface area contributed by atoms with Crippen molar-refractivity contribution in [2.24, 2.45) is 0 Å². The second-order valence-electron chi connectivity index (χ2n) is 6.84. The quantitative estimate of drug-likeness (QED) is 0.904. The van der Waals surface area contributed by atoms with Gasteiger partial charge >= 0.3 is 0 Å². The van der Waals surface area contributed by atoms with Crippen molar-refractivity contribution in [1.82, 2.24) is 9.88 Å². The van der Waals surface area contributed by atoms with Crippen molar-refractivity contribution >= 4 is 11.7 Å². The SMILES string of the molecule is O=C(c1cccnc1N[C@H]1c2ccccc2C[C@H]1O)N1CCCCC1. The number of piperidine rings is 1. The van der Waals surface area contributed by atoms with Crippen LogP contribution in [0.2, 0.25) is 0 Å². The lowest BCUT2D eigenvalue weighted by Gasteiger charge is -2.28. The largest absolute Gasteiger partial charge is 0.390 e. The molecule has 25 heavy (non-hydrogen) atoms. The summed E-state index contributed by atoms with van der Waals surface area (Å²) in [4.78, 5) is 19.2. The third kappa shape index (κ3) is 3.12. The Morgan fingerprint density at radius 2 is 1.92 bits per heavy atom. The van der Waals surface area contributed by atoms with E-state index in [0.29, 0.717) is 17.8 Å². The van der Waals surface area contributed by atoms with Crippen molar-refractivity contribution in [2.45, 2.75) is 37.8 Å². The molecule has 0 radical (unpaired) electrons. The smallest absolute Gasteiger partial charge is 0.257 e. The average molecular weight is 337 g/mol. The Morgan fingerprint density at radius 1 is 1.12 bits per heavy atom. The molecule has 5 heteroatoms. The Kier molecular flexibility index (Phi) is 4.40. The Hall–Kier alpha value is -2.40. The van der Waals surface area contributed by atoms with E-state index >= 15 is 0 Å². The summed E-state index contributed by atoms with van der Waals surface area (Å²) in [5.74, 6) is 0.579. The van der Waals surface area contributed by atoms with Gasteiger partial charge in [-0.3, -0.25) is 4.79 Å². The molecule has 1 amide bonds. The van der Waals surface area contributed by atoms with Gasteiger partial charge in [0, 0.05) is 25.7 Å². The Labute approximate surface area is 147 Å². The molecule has 0 spiro atoms. The van der Waals surface area contributed by atoms with Crippen LogP contribution in [0.25, 0.3) is 0 Å². The number of aliphatic hydroxyl groups excluding tert-OH is 1. The normalized spacial score (nSPS) is 22.5. The molecular weight excluding hydrogens is 314 g/mol. The van der Waals surface area contributed by atoms with E-state index in [1.165, 1.54) is 6.42 Å². The van der Waals surface area contributed by atoms with Crippen LogP contribution in [-0.2, 0) is 6.42 Å². The van der Waals surface area contributed by atoms with Crippen LogP contribution in [0.1, 0.15) is 46.8 Å². The lowest BCUT2D eigenvalue weighted by atomic mass is 10.1. The molecule has 2 aromatic rings. The van der Waals surface area contributed by atoms with Gasteiger partial charge in [0.25, 0.3) is 5.91 Å². The van der Waals surface area contributed by atoms with Crippen molar-refractivity contribution in [3.05, 3.63) is 59.3 Å². The van der Waals surface area contributed by atoms with Gasteiger partial charge in [-0.2, -0.15) is 0 Å². The molecule has 0 unspecified atom stereocenters. The third-order valence-electron chi connectivity index (χ3n) is 5.18. The van der Waals surface area contributed by atoms with E-state index in [9.17, 15) is 9.90 Å². The number of fused-ring (bicyclic) bond motifs is 1. The number of likely N-dealkylation sites (tertiary alicyclic amines) is 1. The molecule has 1 saturated heterocycles. The van der Waals surface area contributed by atoms with Crippen LogP contribution in [0.3, 0.4) is 0 Å². The number of hydrogen-bond acceptors (Lipinski definition) is 4. The Morgan fingerprint density at radius 3 is 2.76 bits per heavy atom. The summed E-state index contributed by atoms with van der Waals surface area (Å²) in [7, 11) is 0. The summed E-state index contributed by atoms with van der Waals surface area (Å²) in [5.41, 5.74) is 2.81. The van der Waals surface area contributed by atoms with E-state index in [1.54, 1.807) is 12.3 Å². The molecule has 2 atom stereocenters. The molecule has 2 aliphatic rings. The maximum atomic E-state index is 12.9. The highest BCUT2D eigenvalue weighted by molar-refractivity contribution is 5.98. The van der Waals surface area contributed by atoms with Crippen LogP contribution in [0, 0.1) is 0 Å². The summed E-state index contributed by atoms with van der Waals surface area (Å²) in [6, 6.07) is 11.4. The first kappa shape index (κ1) is 16.1. The molecule has 0 bridgehead atoms. The van der Waals surface area contributed by atoms with Gasteiger partial charge in [-0.25, -0.2) is 4.98 Å². The highest BCUT2D eigenvalue weighted by Crippen LogP contribution is 2.34. The van der Waals surface area contributed by atoms with Gasteiger partial charge in [0.05, 0.1) is 17.7 Å². The van der Waals surface area contributed by atoms with Gasteiger partial charge in [0.2, 0.25) is 0 Å². The minimum absolute atomic E-state index is 0.0241. The van der Waals surface area contributed by atoms with Gasteiger partial charge < -0.3 is 15.3 Å². The zero-order valence-corrected chi connectivity index (χ0v) is 14.2. The Bertz CT molecular complexity index is 771. The number of pyridine rings is 1. The molecular formula is C20H23N3O2. The zero-order valence-electron chi connectivity index (χ0n) is 14.2. The van der Waals surface area contributed by atoms with Crippen LogP contribution in [0.4, 0.5) is 5.82 Å². The molecule has 1 aromatic carbocycles. The summed E-state index contributed by atoms with van der Waals surface area (Å²) in [6.45, 7) is 1.62. The molecule has 2 heterocycles. The minimum Gasteiger partial charge on any atom is -0.390 e. The minimum atomic E-state index is -0.516. The highest BCUT2D eigenvalue weighted by atomic mass is 16.3. The monoisotopic (exact) mass is 337 g/mol. The van der Waals surface area contributed by atoms with Crippen LogP contribution in [0.5, 0.6) is 0 Å². The number of nitrogens with zero attached hydrogens (tertiary/aromatic N) is 2. The van der Waals surface area contributed by atoms with E-state index in [1.807, 2.05) is 35.2 Å². The fraction of sp³-hybridized carbons (Fsp3) is 0.400. The topological polar surface area (TPSA) is 65.5 Å². The molecule has 1 aliphatic carbocycles. The molecule has 130 valence electrons. The summed E-state index contributed by atoms with van der Waals surface area (Å²) in [5, 5.41) is 13.8. The van der Waals surface area contributed by atoms with Crippen molar-refractivity contribution in [1.29, 1.82) is 0 Å². The van der Waals surface area contributed by atoms with E-state index in [0.717, 1.165) is 37.1 Å². The van der Waals surface area contributed by atoms with E-state index in [4.69, 9.17) is 0 Å². The summed E-state index contributed by atoms with van der Waals surface area (Å²) < 4.78 is 0. The third-order valence-corrected chi connectivity index (χ3v) is 5.18. The number of aliphatic hydroxyl groups is 1. The zero-order chi connectivity index (χ0) is 17.2. The predicted octanol–water partition coefficient (Wildman–Crippen LogP) is 2.78. The number of rotatable bonds is 3. The standard InChI is InChI=1S/C20H23N3O2/c24-17-13-14-7-2-3-8-15(14)18(17)22-19-16(9-6-10-21-19)20(25)23-11-4-1-5-12-23/h2-3,6-10,17-18,24H,1,4-5,11-13H2,(H,21,22)/t17-,18+/m1/s1. The van der Waals surface area contributed by atoms with Gasteiger partial charge in [0.15, 0.2) is 0 Å². The van der Waals surface area contributed by atoms with Gasteiger partial charge in [-0.1, -0.05) is 24.3 Å². The van der Waals surface area contributed by atoms with Crippen LogP contribution in [0.15, 0.2) is 42.6 Å². The van der Waals surface area contributed by atoms with Crippen molar-refractivity contribution < 1.29 is 9.90 Å². The van der Waals surface area contributed by atoms with Crippen molar-refractivity contribution in [2.75, 3.05) is 18.4 Å². The molecule has 1 aromatic heterocycles. The fourth-order valence-corrected chi connectivity index (χ4v) is 3.86. The van der Waals surface area contributed by atoms with Gasteiger partial charge in [0.1, 0.15) is 5.82 Å². The molecule has 0 saturated carbocycles. The average Bonchev–Trinajstić information content (AvgIpc) is 2.98. The number of hydrogen-bond donors (Lipinski definition) is 2. The Balaban J connectivity index is 1.60. The number of nitrogens with one attached hydrogen (secondary N) is 1. The number of carbonyl (C=O) groups is 1. The fourth-order valence-electron chi connectivity index (χ4n) is 3.86. The summed E-state index contributed by atoms with van der Waals surface area (Å²) in [6.07, 6.45) is 5.09. The van der Waals surface area contributed by atoms with Crippen LogP contribution >= 0.6 is 0 Å². The second-order valence-corrected chi connectivity index (χ2v) is 6.84. The molecule has 1 fully saturated rings. The number of amides is 1. The number of benzene rings is 1. The van der Waals surface area contributed by atoms with E-state index < -0.39 is 6.10 Å². The maximum Gasteiger partial charge on any atom is 0.257 e. The molecule has 5 nitrogen and oxygen atoms in total. The number of carbonyl (C=O) groups excluding carboxylic acids is 1. The second kappa shape index (κ2) is 6.84. The first-order chi connectivity index (χ1) is 12.2. The molecule has 4 rings (SSSR count). The van der Waals surface area contributed by atoms with E-state index in [-0.39, 0.29) is 11.9 Å². The first-order valence-corrected chi connectivity index (χ1v) is 9.01. The van der Waals surface area contributed by atoms with Crippen LogP contribution in [-0.4, -0.2) is 40.1 Å². The lowest BCUT2D eigenvalue weighted by molar-refractivity contribution is 0.0724. The summed E-state index contributed by atoms with van der Waals surface area (Å²) >= 11 is 0. The number of anilines is 1. The first-order valence-electron chi connectivity index (χ1n) is 9.01. The highest BCUT2D eigenvalue weighted by Gasteiger charge is 2.32. The van der Waals surface area contributed by atoms with Crippen molar-refractivity contribution in [3.63, 3.8) is 0 Å². The number of aromatic nitrogens is 1. The van der Waals surface area contributed by atoms with Crippen LogP contribution < -0.4 is 5.32 Å². The predicted molar refractivity (Wildman–Crippen MR) is 96.5 cm³/mol. The molecule has 1 aliphatic heterocycles. The maximum absolute atomic E-state index is 12.9. The van der Waals surface area contributed by atoms with E-state index in [2.05, 4.69) is 10.3 Å². The van der Waals surface area contributed by atoms with Gasteiger partial charge in [-0.05, 0) is 42.5 Å². The molecule has 2 N–H and O–H groups in total. The lowest BCUT2D eigenvalue weighted by Crippen LogP contribution is -2.36. The van der Waals surface area contributed by atoms with Gasteiger partial charge in [-0.15, -0.1) is 0 Å².